The minimum atomic E-state index is -0.471. The molecule has 0 aliphatic carbocycles. The number of aliphatic hydroxyl groups excluding tert-OH is 1. The van der Waals surface area contributed by atoms with Gasteiger partial charge in [0.05, 0.1) is 27.2 Å². The summed E-state index contributed by atoms with van der Waals surface area (Å²) in [4.78, 5) is 0. The first-order chi connectivity index (χ1) is 10.0. The van der Waals surface area contributed by atoms with Crippen LogP contribution in [0.15, 0.2) is 39.3 Å². The van der Waals surface area contributed by atoms with E-state index < -0.39 is 5.82 Å². The van der Waals surface area contributed by atoms with Crippen molar-refractivity contribution in [1.29, 1.82) is 5.26 Å². The summed E-state index contributed by atoms with van der Waals surface area (Å²) in [5, 5.41) is 17.9. The number of nitrogens with zero attached hydrogens (tertiary/aromatic N) is 1. The van der Waals surface area contributed by atoms with Crippen molar-refractivity contribution in [1.82, 2.24) is 0 Å². The average molecular weight is 415 g/mol. The second-order valence-electron chi connectivity index (χ2n) is 4.30. The molecule has 2 rings (SSSR count). The summed E-state index contributed by atoms with van der Waals surface area (Å²) < 4.78 is 20.4. The fraction of sp³-hybridized carbons (Fsp3) is 0.133. The van der Waals surface area contributed by atoms with Gasteiger partial charge in [0, 0.05) is 0 Å². The van der Waals surface area contributed by atoms with Gasteiger partial charge in [0.15, 0.2) is 0 Å². The summed E-state index contributed by atoms with van der Waals surface area (Å²) in [5.41, 5.74) is 1.55. The molecule has 0 amide bonds. The standard InChI is InChI=1S/C15H10Br2FNO2/c16-13-4-10(7-20)5-14(17)15(13)21-8-11-1-9(6-19)2-12(18)3-11/h1-5,20H,7-8H2. The van der Waals surface area contributed by atoms with Gasteiger partial charge in [0.2, 0.25) is 0 Å². The van der Waals surface area contributed by atoms with Crippen molar-refractivity contribution in [2.75, 3.05) is 0 Å². The lowest BCUT2D eigenvalue weighted by Crippen LogP contribution is -1.99. The van der Waals surface area contributed by atoms with Crippen molar-refractivity contribution in [3.05, 3.63) is 61.8 Å². The van der Waals surface area contributed by atoms with E-state index in [0.717, 1.165) is 5.56 Å². The maximum atomic E-state index is 13.3. The zero-order valence-electron chi connectivity index (χ0n) is 10.7. The Morgan fingerprint density at radius 1 is 1.10 bits per heavy atom. The van der Waals surface area contributed by atoms with Gasteiger partial charge in [-0.2, -0.15) is 5.26 Å². The molecule has 6 heteroatoms. The Morgan fingerprint density at radius 2 is 1.76 bits per heavy atom. The largest absolute Gasteiger partial charge is 0.487 e. The molecule has 0 aromatic heterocycles. The Labute approximate surface area is 138 Å². The first kappa shape index (κ1) is 16.0. The Morgan fingerprint density at radius 3 is 2.33 bits per heavy atom. The Hall–Kier alpha value is -1.42. The van der Waals surface area contributed by atoms with Crippen LogP contribution in [-0.4, -0.2) is 5.11 Å². The van der Waals surface area contributed by atoms with Gasteiger partial charge in [-0.3, -0.25) is 0 Å². The number of benzene rings is 2. The van der Waals surface area contributed by atoms with Crippen molar-refractivity contribution in [3.63, 3.8) is 0 Å². The number of rotatable bonds is 4. The number of hydrogen-bond donors (Lipinski definition) is 1. The smallest absolute Gasteiger partial charge is 0.148 e. The van der Waals surface area contributed by atoms with Crippen LogP contribution in [-0.2, 0) is 13.2 Å². The summed E-state index contributed by atoms with van der Waals surface area (Å²) in [7, 11) is 0. The van der Waals surface area contributed by atoms with Gasteiger partial charge in [-0.25, -0.2) is 4.39 Å². The van der Waals surface area contributed by atoms with Gasteiger partial charge in [0.1, 0.15) is 18.2 Å². The number of halogens is 3. The molecule has 0 fully saturated rings. The summed E-state index contributed by atoms with van der Waals surface area (Å²) in [6.07, 6.45) is 0. The highest BCUT2D eigenvalue weighted by Gasteiger charge is 2.10. The average Bonchev–Trinajstić information content (AvgIpc) is 2.45. The number of aliphatic hydroxyl groups is 1. The maximum absolute atomic E-state index is 13.3. The molecule has 0 unspecified atom stereocenters. The van der Waals surface area contributed by atoms with Gasteiger partial charge in [-0.15, -0.1) is 0 Å². The van der Waals surface area contributed by atoms with Crippen LogP contribution in [0.3, 0.4) is 0 Å². The predicted octanol–water partition coefficient (Wildman–Crippen LogP) is 4.29. The van der Waals surface area contributed by atoms with Crippen molar-refractivity contribution < 1.29 is 14.2 Å². The van der Waals surface area contributed by atoms with Crippen LogP contribution in [0.1, 0.15) is 16.7 Å². The molecule has 3 nitrogen and oxygen atoms in total. The first-order valence-corrected chi connectivity index (χ1v) is 7.53. The van der Waals surface area contributed by atoms with Crippen LogP contribution in [0.25, 0.3) is 0 Å². The van der Waals surface area contributed by atoms with Gasteiger partial charge >= 0.3 is 0 Å². The van der Waals surface area contributed by atoms with E-state index in [0.29, 0.717) is 20.3 Å². The quantitative estimate of drug-likeness (QED) is 0.811. The van der Waals surface area contributed by atoms with E-state index in [1.165, 1.54) is 12.1 Å². The molecule has 21 heavy (non-hydrogen) atoms. The third-order valence-corrected chi connectivity index (χ3v) is 3.89. The van der Waals surface area contributed by atoms with Gasteiger partial charge in [-0.1, -0.05) is 0 Å². The normalized spacial score (nSPS) is 10.2. The van der Waals surface area contributed by atoms with Gasteiger partial charge in [0.25, 0.3) is 0 Å². The van der Waals surface area contributed by atoms with E-state index in [2.05, 4.69) is 31.9 Å². The van der Waals surface area contributed by atoms with E-state index in [1.54, 1.807) is 18.2 Å². The molecule has 2 aromatic carbocycles. The molecule has 0 aliphatic rings. The third kappa shape index (κ3) is 4.03. The lowest BCUT2D eigenvalue weighted by Gasteiger charge is -2.12. The predicted molar refractivity (Wildman–Crippen MR) is 83.2 cm³/mol. The molecule has 0 radical (unpaired) electrons. The highest BCUT2D eigenvalue weighted by molar-refractivity contribution is 9.11. The van der Waals surface area contributed by atoms with Crippen LogP contribution in [0.2, 0.25) is 0 Å². The lowest BCUT2D eigenvalue weighted by atomic mass is 10.1. The molecule has 0 bridgehead atoms. The zero-order valence-corrected chi connectivity index (χ0v) is 13.9. The van der Waals surface area contributed by atoms with Crippen LogP contribution in [0.4, 0.5) is 4.39 Å². The molecule has 0 saturated heterocycles. The third-order valence-electron chi connectivity index (χ3n) is 2.71. The molecule has 2 aromatic rings. The molecule has 0 saturated carbocycles. The van der Waals surface area contributed by atoms with E-state index in [1.807, 2.05) is 6.07 Å². The maximum Gasteiger partial charge on any atom is 0.148 e. The number of ether oxygens (including phenoxy) is 1. The van der Waals surface area contributed by atoms with Crippen LogP contribution in [0, 0.1) is 17.1 Å². The van der Waals surface area contributed by atoms with E-state index >= 15 is 0 Å². The summed E-state index contributed by atoms with van der Waals surface area (Å²) in [6, 6.07) is 9.46. The van der Waals surface area contributed by atoms with Crippen molar-refractivity contribution >= 4 is 31.9 Å². The lowest BCUT2D eigenvalue weighted by molar-refractivity contribution is 0.280. The summed E-state index contributed by atoms with van der Waals surface area (Å²) in [5.74, 6) is 0.0800. The topological polar surface area (TPSA) is 53.2 Å². The Balaban J connectivity index is 2.21. The monoisotopic (exact) mass is 413 g/mol. The summed E-state index contributed by atoms with van der Waals surface area (Å²) >= 11 is 6.72. The molecule has 0 aliphatic heterocycles. The number of hydrogen-bond acceptors (Lipinski definition) is 3. The van der Waals surface area contributed by atoms with Crippen LogP contribution < -0.4 is 4.74 Å². The van der Waals surface area contributed by atoms with E-state index in [4.69, 9.17) is 15.1 Å². The molecule has 108 valence electrons. The molecular formula is C15H10Br2FNO2. The van der Waals surface area contributed by atoms with E-state index in [-0.39, 0.29) is 18.8 Å². The number of nitriles is 1. The Bertz CT molecular complexity index is 690. The Kier molecular flexibility index (Phi) is 5.34. The fourth-order valence-electron chi connectivity index (χ4n) is 1.80. The second kappa shape index (κ2) is 7.03. The van der Waals surface area contributed by atoms with Crippen LogP contribution >= 0.6 is 31.9 Å². The highest BCUT2D eigenvalue weighted by Crippen LogP contribution is 2.35. The highest BCUT2D eigenvalue weighted by atomic mass is 79.9. The van der Waals surface area contributed by atoms with E-state index in [9.17, 15) is 4.39 Å². The van der Waals surface area contributed by atoms with Gasteiger partial charge < -0.3 is 9.84 Å². The first-order valence-electron chi connectivity index (χ1n) is 5.94. The molecule has 0 heterocycles. The summed E-state index contributed by atoms with van der Waals surface area (Å²) in [6.45, 7) is 0.0506. The molecular weight excluding hydrogens is 405 g/mol. The second-order valence-corrected chi connectivity index (χ2v) is 6.00. The van der Waals surface area contributed by atoms with Gasteiger partial charge in [-0.05, 0) is 73.3 Å². The van der Waals surface area contributed by atoms with Crippen molar-refractivity contribution in [2.45, 2.75) is 13.2 Å². The zero-order chi connectivity index (χ0) is 15.4. The minimum absolute atomic E-state index is 0.0765. The van der Waals surface area contributed by atoms with Crippen LogP contribution in [0.5, 0.6) is 5.75 Å². The SMILES string of the molecule is N#Cc1cc(F)cc(COc2c(Br)cc(CO)cc2Br)c1. The molecule has 0 spiro atoms. The minimum Gasteiger partial charge on any atom is -0.487 e. The van der Waals surface area contributed by atoms with Crippen molar-refractivity contribution in [3.8, 4) is 11.8 Å². The molecule has 1 N–H and O–H groups in total. The molecule has 0 atom stereocenters. The van der Waals surface area contributed by atoms with Crippen molar-refractivity contribution in [2.24, 2.45) is 0 Å². The fourth-order valence-corrected chi connectivity index (χ4v) is 3.31.